The van der Waals surface area contributed by atoms with Crippen LogP contribution in [0.3, 0.4) is 0 Å². The van der Waals surface area contributed by atoms with Gasteiger partial charge in [-0.25, -0.2) is 4.98 Å². The minimum Gasteiger partial charge on any atom is -0.236 e. The zero-order valence-electron chi connectivity index (χ0n) is 11.9. The van der Waals surface area contributed by atoms with Gasteiger partial charge in [0.15, 0.2) is 0 Å². The summed E-state index contributed by atoms with van der Waals surface area (Å²) in [4.78, 5) is 4.61. The first kappa shape index (κ1) is 13.4. The Hall–Kier alpha value is -1.60. The molecule has 0 saturated carbocycles. The number of fused-ring (bicyclic) bond motifs is 3. The van der Waals surface area contributed by atoms with Crippen LogP contribution in [0.2, 0.25) is 5.15 Å². The molecule has 0 saturated heterocycles. The maximum Gasteiger partial charge on any atom is 0.133 e. The second kappa shape index (κ2) is 5.41. The van der Waals surface area contributed by atoms with Crippen molar-refractivity contribution in [1.82, 2.24) is 4.98 Å². The fourth-order valence-corrected chi connectivity index (χ4v) is 2.99. The van der Waals surface area contributed by atoms with Gasteiger partial charge in [0.2, 0.25) is 0 Å². The monoisotopic (exact) mass is 283 g/mol. The normalized spacial score (nSPS) is 14.1. The quantitative estimate of drug-likeness (QED) is 0.677. The summed E-state index contributed by atoms with van der Waals surface area (Å²) in [5.74, 6) is 0. The molecule has 0 amide bonds. The third-order valence-electron chi connectivity index (χ3n) is 4.01. The molecule has 0 unspecified atom stereocenters. The molecule has 0 radical (unpaired) electrons. The van der Waals surface area contributed by atoms with Crippen molar-refractivity contribution in [3.8, 4) is 0 Å². The van der Waals surface area contributed by atoms with E-state index in [0.717, 1.165) is 30.3 Å². The van der Waals surface area contributed by atoms with Crippen molar-refractivity contribution in [3.05, 3.63) is 57.8 Å². The van der Waals surface area contributed by atoms with E-state index in [9.17, 15) is 0 Å². The number of allylic oxidation sites excluding steroid dienone is 3. The van der Waals surface area contributed by atoms with Crippen LogP contribution in [0.5, 0.6) is 0 Å². The molecule has 0 N–H and O–H groups in total. The van der Waals surface area contributed by atoms with Gasteiger partial charge in [0.05, 0.1) is 5.52 Å². The lowest BCUT2D eigenvalue weighted by atomic mass is 9.97. The first-order valence-electron chi connectivity index (χ1n) is 7.20. The number of halogens is 1. The molecule has 2 heteroatoms. The van der Waals surface area contributed by atoms with E-state index < -0.39 is 0 Å². The van der Waals surface area contributed by atoms with Crippen LogP contribution in [0.1, 0.15) is 37.0 Å². The number of pyridine rings is 1. The summed E-state index contributed by atoms with van der Waals surface area (Å²) in [5, 5.41) is 1.84. The molecule has 0 bridgehead atoms. The van der Waals surface area contributed by atoms with Crippen molar-refractivity contribution in [2.75, 3.05) is 0 Å². The average molecular weight is 284 g/mol. The standard InChI is InChI=1S/C18H18ClN/c1-3-12-6-5-7-14-15-9-8-13(4-2)11-17(15)20-18(19)16(14)10-12/h5-9,11H,3-4,10H2,1-2H3. The van der Waals surface area contributed by atoms with Crippen LogP contribution >= 0.6 is 11.6 Å². The van der Waals surface area contributed by atoms with E-state index in [1.54, 1.807) is 0 Å². The zero-order chi connectivity index (χ0) is 14.1. The molecule has 1 aliphatic rings. The van der Waals surface area contributed by atoms with E-state index in [0.29, 0.717) is 5.15 Å². The molecular formula is C18H18ClN. The summed E-state index contributed by atoms with van der Waals surface area (Å²) in [6, 6.07) is 6.51. The third kappa shape index (κ3) is 2.27. The van der Waals surface area contributed by atoms with Gasteiger partial charge in [-0.2, -0.15) is 0 Å². The Morgan fingerprint density at radius 2 is 2.05 bits per heavy atom. The number of aryl methyl sites for hydroxylation is 1. The fraction of sp³-hybridized carbons (Fsp3) is 0.278. The summed E-state index contributed by atoms with van der Waals surface area (Å²) >= 11 is 6.44. The average Bonchev–Trinajstić information content (AvgIpc) is 2.69. The van der Waals surface area contributed by atoms with Gasteiger partial charge >= 0.3 is 0 Å². The number of benzene rings is 1. The van der Waals surface area contributed by atoms with Gasteiger partial charge in [0, 0.05) is 10.9 Å². The zero-order valence-corrected chi connectivity index (χ0v) is 12.7. The molecule has 1 aromatic carbocycles. The summed E-state index contributed by atoms with van der Waals surface area (Å²) in [6.07, 6.45) is 9.46. The van der Waals surface area contributed by atoms with Crippen LogP contribution in [0.25, 0.3) is 17.0 Å². The number of hydrogen-bond donors (Lipinski definition) is 0. The van der Waals surface area contributed by atoms with Crippen molar-refractivity contribution in [1.29, 1.82) is 0 Å². The van der Waals surface area contributed by atoms with Crippen LogP contribution in [0.4, 0.5) is 0 Å². The van der Waals surface area contributed by atoms with Crippen LogP contribution in [0, 0.1) is 0 Å². The minimum atomic E-state index is 0.645. The number of hydrogen-bond acceptors (Lipinski definition) is 1. The lowest BCUT2D eigenvalue weighted by Crippen LogP contribution is -1.98. The summed E-state index contributed by atoms with van der Waals surface area (Å²) in [7, 11) is 0. The second-order valence-corrected chi connectivity index (χ2v) is 5.57. The first-order valence-corrected chi connectivity index (χ1v) is 7.57. The summed E-state index contributed by atoms with van der Waals surface area (Å²) < 4.78 is 0. The molecule has 20 heavy (non-hydrogen) atoms. The fourth-order valence-electron chi connectivity index (χ4n) is 2.73. The first-order chi connectivity index (χ1) is 9.72. The SMILES string of the molecule is CCC1=CC=Cc2c(c(Cl)nc3cc(CC)ccc23)C1. The van der Waals surface area contributed by atoms with Gasteiger partial charge in [-0.15, -0.1) is 0 Å². The summed E-state index contributed by atoms with van der Waals surface area (Å²) in [6.45, 7) is 4.34. The molecule has 1 aromatic heterocycles. The smallest absolute Gasteiger partial charge is 0.133 e. The van der Waals surface area contributed by atoms with Gasteiger partial charge in [-0.1, -0.05) is 61.4 Å². The van der Waals surface area contributed by atoms with Crippen molar-refractivity contribution < 1.29 is 0 Å². The Bertz CT molecular complexity index is 726. The Morgan fingerprint density at radius 1 is 1.20 bits per heavy atom. The molecule has 102 valence electrons. The molecule has 0 fully saturated rings. The van der Waals surface area contributed by atoms with Crippen molar-refractivity contribution in [3.63, 3.8) is 0 Å². The molecule has 0 atom stereocenters. The topological polar surface area (TPSA) is 12.9 Å². The highest BCUT2D eigenvalue weighted by Gasteiger charge is 2.14. The lowest BCUT2D eigenvalue weighted by Gasteiger charge is -2.12. The van der Waals surface area contributed by atoms with E-state index in [2.05, 4.69) is 55.3 Å². The van der Waals surface area contributed by atoms with Gasteiger partial charge in [-0.3, -0.25) is 0 Å². The Labute approximate surface area is 125 Å². The van der Waals surface area contributed by atoms with Gasteiger partial charge in [-0.05, 0) is 36.5 Å². The van der Waals surface area contributed by atoms with E-state index in [1.807, 2.05) is 0 Å². The Balaban J connectivity index is 2.25. The molecule has 2 aromatic rings. The predicted molar refractivity (Wildman–Crippen MR) is 87.2 cm³/mol. The number of nitrogens with zero attached hydrogens (tertiary/aromatic N) is 1. The van der Waals surface area contributed by atoms with E-state index in [-0.39, 0.29) is 0 Å². The Kier molecular flexibility index (Phi) is 3.62. The van der Waals surface area contributed by atoms with Crippen LogP contribution in [0.15, 0.2) is 35.9 Å². The van der Waals surface area contributed by atoms with Crippen LogP contribution < -0.4 is 0 Å². The van der Waals surface area contributed by atoms with Crippen molar-refractivity contribution >= 4 is 28.6 Å². The second-order valence-electron chi connectivity index (χ2n) is 5.21. The Morgan fingerprint density at radius 3 is 2.80 bits per heavy atom. The largest absolute Gasteiger partial charge is 0.236 e. The maximum atomic E-state index is 6.44. The van der Waals surface area contributed by atoms with Crippen LogP contribution in [-0.2, 0) is 12.8 Å². The molecule has 1 nitrogen and oxygen atoms in total. The van der Waals surface area contributed by atoms with Crippen LogP contribution in [-0.4, -0.2) is 4.98 Å². The van der Waals surface area contributed by atoms with Crippen molar-refractivity contribution in [2.24, 2.45) is 0 Å². The van der Waals surface area contributed by atoms with Gasteiger partial charge < -0.3 is 0 Å². The molecule has 0 spiro atoms. The summed E-state index contributed by atoms with van der Waals surface area (Å²) in [5.41, 5.74) is 6.07. The van der Waals surface area contributed by atoms with E-state index in [4.69, 9.17) is 11.6 Å². The highest BCUT2D eigenvalue weighted by molar-refractivity contribution is 6.31. The maximum absolute atomic E-state index is 6.44. The highest BCUT2D eigenvalue weighted by Crippen LogP contribution is 2.32. The van der Waals surface area contributed by atoms with Crippen molar-refractivity contribution in [2.45, 2.75) is 33.1 Å². The molecule has 1 heterocycles. The number of rotatable bonds is 2. The molecular weight excluding hydrogens is 266 g/mol. The molecule has 0 aliphatic heterocycles. The highest BCUT2D eigenvalue weighted by atomic mass is 35.5. The van der Waals surface area contributed by atoms with E-state index >= 15 is 0 Å². The molecule has 1 aliphatic carbocycles. The van der Waals surface area contributed by atoms with E-state index in [1.165, 1.54) is 22.1 Å². The lowest BCUT2D eigenvalue weighted by molar-refractivity contribution is 1.00. The predicted octanol–water partition coefficient (Wildman–Crippen LogP) is 5.36. The number of aromatic nitrogens is 1. The minimum absolute atomic E-state index is 0.645. The third-order valence-corrected chi connectivity index (χ3v) is 4.32. The van der Waals surface area contributed by atoms with Gasteiger partial charge in [0.1, 0.15) is 5.15 Å². The van der Waals surface area contributed by atoms with Gasteiger partial charge in [0.25, 0.3) is 0 Å². The molecule has 3 rings (SSSR count).